The number of rotatable bonds is 6. The van der Waals surface area contributed by atoms with Gasteiger partial charge in [-0.25, -0.2) is 8.93 Å². The fourth-order valence-electron chi connectivity index (χ4n) is 1.84. The number of nitrogens with one attached hydrogen (secondary N) is 1. The predicted molar refractivity (Wildman–Crippen MR) is 86.6 cm³/mol. The van der Waals surface area contributed by atoms with E-state index in [0.717, 1.165) is 29.5 Å². The average Bonchev–Trinajstić information content (AvgIpc) is 3.20. The highest BCUT2D eigenvalue weighted by Crippen LogP contribution is 2.30. The molecule has 1 aromatic heterocycles. The summed E-state index contributed by atoms with van der Waals surface area (Å²) in [6.45, 7) is 10.7. The number of aryl methyl sites for hydroxylation is 1. The molecule has 1 aromatic rings. The van der Waals surface area contributed by atoms with Gasteiger partial charge in [-0.3, -0.25) is 4.98 Å². The Labute approximate surface area is 130 Å². The van der Waals surface area contributed by atoms with E-state index in [0.29, 0.717) is 0 Å². The van der Waals surface area contributed by atoms with Crippen LogP contribution in [0.5, 0.6) is 5.75 Å². The molecule has 1 unspecified atom stereocenters. The highest BCUT2D eigenvalue weighted by atomic mass is 32.2. The Kier molecular flexibility index (Phi) is 5.04. The van der Waals surface area contributed by atoms with Gasteiger partial charge in [0.05, 0.1) is 40.3 Å². The van der Waals surface area contributed by atoms with Gasteiger partial charge in [-0.05, 0) is 65.0 Å². The molecule has 118 valence electrons. The van der Waals surface area contributed by atoms with Crippen molar-refractivity contribution in [3.05, 3.63) is 23.5 Å². The number of hydrogen-bond donors (Lipinski definition) is 1. The molecular formula is C16H26N2O2S. The molecule has 1 N–H and O–H groups in total. The SMILES string of the molecule is Cc1cc(C(C)N[S@](=O)C(C)(C)C)ncc1OCC1CC1. The summed E-state index contributed by atoms with van der Waals surface area (Å²) in [5.41, 5.74) is 1.97. The first kappa shape index (κ1) is 16.4. The maximum Gasteiger partial charge on any atom is 0.140 e. The van der Waals surface area contributed by atoms with Crippen molar-refractivity contribution in [2.75, 3.05) is 6.61 Å². The Morgan fingerprint density at radius 2 is 2.14 bits per heavy atom. The molecule has 1 fully saturated rings. The van der Waals surface area contributed by atoms with Gasteiger partial charge in [0.2, 0.25) is 0 Å². The largest absolute Gasteiger partial charge is 0.491 e. The first-order valence-corrected chi connectivity index (χ1v) is 8.69. The topological polar surface area (TPSA) is 51.2 Å². The lowest BCUT2D eigenvalue weighted by Gasteiger charge is -2.22. The summed E-state index contributed by atoms with van der Waals surface area (Å²) in [7, 11) is -1.10. The van der Waals surface area contributed by atoms with Crippen LogP contribution in [0.4, 0.5) is 0 Å². The zero-order valence-corrected chi connectivity index (χ0v) is 14.4. The van der Waals surface area contributed by atoms with Gasteiger partial charge in [0.1, 0.15) is 5.75 Å². The number of nitrogens with zero attached hydrogens (tertiary/aromatic N) is 1. The fraction of sp³-hybridized carbons (Fsp3) is 0.688. The predicted octanol–water partition coefficient (Wildman–Crippen LogP) is 3.29. The van der Waals surface area contributed by atoms with Crippen LogP contribution in [0.2, 0.25) is 0 Å². The van der Waals surface area contributed by atoms with Gasteiger partial charge in [0.25, 0.3) is 0 Å². The molecule has 5 heteroatoms. The van der Waals surface area contributed by atoms with Crippen LogP contribution in [0.25, 0.3) is 0 Å². The van der Waals surface area contributed by atoms with Gasteiger partial charge < -0.3 is 4.74 Å². The Morgan fingerprint density at radius 1 is 1.48 bits per heavy atom. The second kappa shape index (κ2) is 6.44. The molecule has 4 nitrogen and oxygen atoms in total. The van der Waals surface area contributed by atoms with Crippen LogP contribution in [0.1, 0.15) is 57.8 Å². The third-order valence-corrected chi connectivity index (χ3v) is 5.22. The third-order valence-electron chi connectivity index (χ3n) is 3.54. The van der Waals surface area contributed by atoms with Gasteiger partial charge in [-0.1, -0.05) is 0 Å². The van der Waals surface area contributed by atoms with Crippen molar-refractivity contribution in [3.8, 4) is 5.75 Å². The summed E-state index contributed by atoms with van der Waals surface area (Å²) in [6, 6.07) is 1.96. The third kappa shape index (κ3) is 4.78. The number of ether oxygens (including phenoxy) is 1. The van der Waals surface area contributed by atoms with Gasteiger partial charge in [0, 0.05) is 0 Å². The van der Waals surface area contributed by atoms with E-state index in [4.69, 9.17) is 4.74 Å². The molecule has 0 bridgehead atoms. The van der Waals surface area contributed by atoms with Crippen LogP contribution in [-0.2, 0) is 11.0 Å². The molecule has 2 rings (SSSR count). The normalized spacial score (nSPS) is 18.3. The summed E-state index contributed by atoms with van der Waals surface area (Å²) in [5.74, 6) is 1.59. The van der Waals surface area contributed by atoms with Crippen molar-refractivity contribution >= 4 is 11.0 Å². The van der Waals surface area contributed by atoms with Gasteiger partial charge in [-0.15, -0.1) is 0 Å². The molecular weight excluding hydrogens is 284 g/mol. The lowest BCUT2D eigenvalue weighted by molar-refractivity contribution is 0.296. The van der Waals surface area contributed by atoms with Crippen LogP contribution in [-0.4, -0.2) is 20.5 Å². The number of aromatic nitrogens is 1. The molecule has 1 heterocycles. The molecule has 0 spiro atoms. The van der Waals surface area contributed by atoms with E-state index in [1.165, 1.54) is 12.8 Å². The van der Waals surface area contributed by atoms with E-state index in [9.17, 15) is 4.21 Å². The van der Waals surface area contributed by atoms with E-state index < -0.39 is 11.0 Å². The van der Waals surface area contributed by atoms with E-state index in [1.807, 2.05) is 40.7 Å². The van der Waals surface area contributed by atoms with Crippen molar-refractivity contribution < 1.29 is 8.95 Å². The monoisotopic (exact) mass is 310 g/mol. The van der Waals surface area contributed by atoms with Gasteiger partial charge >= 0.3 is 0 Å². The summed E-state index contributed by atoms with van der Waals surface area (Å²) in [5, 5.41) is 0. The van der Waals surface area contributed by atoms with Gasteiger partial charge in [-0.2, -0.15) is 0 Å². The Morgan fingerprint density at radius 3 is 2.67 bits per heavy atom. The van der Waals surface area contributed by atoms with Crippen molar-refractivity contribution in [1.82, 2.24) is 9.71 Å². The quantitative estimate of drug-likeness (QED) is 0.877. The second-order valence-corrected chi connectivity index (χ2v) is 8.85. The van der Waals surface area contributed by atoms with E-state index >= 15 is 0 Å². The molecule has 0 radical (unpaired) electrons. The molecule has 1 saturated carbocycles. The van der Waals surface area contributed by atoms with Crippen molar-refractivity contribution in [3.63, 3.8) is 0 Å². The van der Waals surface area contributed by atoms with Crippen LogP contribution < -0.4 is 9.46 Å². The van der Waals surface area contributed by atoms with Gasteiger partial charge in [0.15, 0.2) is 0 Å². The first-order chi connectivity index (χ1) is 9.77. The standard InChI is InChI=1S/C16H26N2O2S/c1-11-8-14(12(2)18-21(19)16(3,4)5)17-9-15(11)20-10-13-6-7-13/h8-9,12-13,18H,6-7,10H2,1-5H3/t12?,21-/m1/s1. The maximum atomic E-state index is 12.1. The zero-order valence-electron chi connectivity index (χ0n) is 13.6. The maximum absolute atomic E-state index is 12.1. The van der Waals surface area contributed by atoms with E-state index in [-0.39, 0.29) is 10.8 Å². The summed E-state index contributed by atoms with van der Waals surface area (Å²) >= 11 is 0. The lowest BCUT2D eigenvalue weighted by atomic mass is 10.1. The molecule has 0 aliphatic heterocycles. The van der Waals surface area contributed by atoms with Crippen molar-refractivity contribution in [1.29, 1.82) is 0 Å². The van der Waals surface area contributed by atoms with Crippen LogP contribution in [0.3, 0.4) is 0 Å². The molecule has 0 saturated heterocycles. The minimum atomic E-state index is -1.10. The molecule has 2 atom stereocenters. The lowest BCUT2D eigenvalue weighted by Crippen LogP contribution is -2.35. The number of hydrogen-bond acceptors (Lipinski definition) is 3. The number of pyridine rings is 1. The van der Waals surface area contributed by atoms with Crippen LogP contribution in [0, 0.1) is 12.8 Å². The van der Waals surface area contributed by atoms with Crippen LogP contribution >= 0.6 is 0 Å². The molecule has 0 amide bonds. The average molecular weight is 310 g/mol. The second-order valence-electron chi connectivity index (χ2n) is 6.85. The highest BCUT2D eigenvalue weighted by Gasteiger charge is 2.23. The minimum Gasteiger partial charge on any atom is -0.491 e. The Balaban J connectivity index is 1.99. The minimum absolute atomic E-state index is 0.0544. The molecule has 21 heavy (non-hydrogen) atoms. The Hall–Kier alpha value is -0.940. The molecule has 0 aromatic carbocycles. The first-order valence-electron chi connectivity index (χ1n) is 7.54. The summed E-state index contributed by atoms with van der Waals surface area (Å²) in [6.07, 6.45) is 4.35. The van der Waals surface area contributed by atoms with E-state index in [2.05, 4.69) is 9.71 Å². The Bertz CT molecular complexity index is 521. The summed E-state index contributed by atoms with van der Waals surface area (Å²) < 4.78 is 20.8. The van der Waals surface area contributed by atoms with Crippen molar-refractivity contribution in [2.24, 2.45) is 5.92 Å². The molecule has 1 aliphatic carbocycles. The smallest absolute Gasteiger partial charge is 0.140 e. The zero-order chi connectivity index (χ0) is 15.6. The highest BCUT2D eigenvalue weighted by molar-refractivity contribution is 7.84. The van der Waals surface area contributed by atoms with Crippen LogP contribution in [0.15, 0.2) is 12.3 Å². The van der Waals surface area contributed by atoms with E-state index in [1.54, 1.807) is 6.20 Å². The van der Waals surface area contributed by atoms with Crippen molar-refractivity contribution in [2.45, 2.75) is 58.2 Å². The molecule has 1 aliphatic rings. The fourth-order valence-corrected chi connectivity index (χ4v) is 2.64. The summed E-state index contributed by atoms with van der Waals surface area (Å²) in [4.78, 5) is 4.45.